The highest BCUT2D eigenvalue weighted by Crippen LogP contribution is 2.52. The monoisotopic (exact) mass is 460 g/mol. The van der Waals surface area contributed by atoms with Gasteiger partial charge in [-0.3, -0.25) is 10.1 Å². The molecule has 2 aromatic carbocycles. The van der Waals surface area contributed by atoms with Crippen molar-refractivity contribution < 1.29 is 4.92 Å². The highest BCUT2D eigenvalue weighted by molar-refractivity contribution is 7.99. The number of nitro benzene ring substituents is 1. The number of nitro groups is 1. The molecule has 8 heteroatoms. The first-order valence-corrected chi connectivity index (χ1v) is 12.1. The minimum atomic E-state index is -0.358. The smallest absolute Gasteiger partial charge is 0.283 e. The Kier molecular flexibility index (Phi) is 5.45. The quantitative estimate of drug-likeness (QED) is 0.249. The van der Waals surface area contributed by atoms with Crippen LogP contribution in [-0.2, 0) is 0 Å². The molecule has 1 fully saturated rings. The fourth-order valence-electron chi connectivity index (χ4n) is 4.31. The van der Waals surface area contributed by atoms with Crippen molar-refractivity contribution >= 4 is 45.0 Å². The number of benzene rings is 2. The molecule has 0 spiro atoms. The van der Waals surface area contributed by atoms with Crippen LogP contribution in [0.3, 0.4) is 0 Å². The standard InChI is InChI=1S/C24H20N4O2S2/c1-15-2-5-18(6-3-15)31-21-7-4-16(12-20(21)28(29)30)14-26-23-19(13-25)22-17-8-10-27(11-9-17)24(22)32-23/h2-7,12,14,17H,8-11H2,1H3. The second kappa shape index (κ2) is 8.41. The van der Waals surface area contributed by atoms with Crippen LogP contribution in [0.15, 0.2) is 57.2 Å². The topological polar surface area (TPSA) is 82.5 Å². The Labute approximate surface area is 194 Å². The van der Waals surface area contributed by atoms with E-state index in [0.29, 0.717) is 26.9 Å². The largest absolute Gasteiger partial charge is 0.363 e. The van der Waals surface area contributed by atoms with Gasteiger partial charge in [0, 0.05) is 35.8 Å². The Morgan fingerprint density at radius 3 is 2.69 bits per heavy atom. The van der Waals surface area contributed by atoms with Gasteiger partial charge in [0.05, 0.1) is 20.4 Å². The van der Waals surface area contributed by atoms with Crippen LogP contribution in [0.5, 0.6) is 0 Å². The van der Waals surface area contributed by atoms with Gasteiger partial charge in [0.2, 0.25) is 0 Å². The molecule has 3 aliphatic heterocycles. The lowest BCUT2D eigenvalue weighted by molar-refractivity contribution is -0.387. The van der Waals surface area contributed by atoms with Crippen LogP contribution in [-0.4, -0.2) is 24.2 Å². The Hall–Kier alpha value is -3.15. The van der Waals surface area contributed by atoms with Gasteiger partial charge in [-0.15, -0.1) is 0 Å². The summed E-state index contributed by atoms with van der Waals surface area (Å²) in [6.07, 6.45) is 3.81. The van der Waals surface area contributed by atoms with Crippen molar-refractivity contribution in [3.8, 4) is 6.07 Å². The lowest BCUT2D eigenvalue weighted by Crippen LogP contribution is -2.37. The number of hydrogen-bond donors (Lipinski definition) is 0. The van der Waals surface area contributed by atoms with Gasteiger partial charge in [0.1, 0.15) is 11.1 Å². The predicted octanol–water partition coefficient (Wildman–Crippen LogP) is 6.44. The molecular weight excluding hydrogens is 440 g/mol. The van der Waals surface area contributed by atoms with Crippen LogP contribution in [0.1, 0.15) is 41.0 Å². The minimum Gasteiger partial charge on any atom is -0.363 e. The Morgan fingerprint density at radius 2 is 2.00 bits per heavy atom. The Morgan fingerprint density at radius 1 is 1.25 bits per heavy atom. The predicted molar refractivity (Wildman–Crippen MR) is 129 cm³/mol. The van der Waals surface area contributed by atoms with E-state index in [1.807, 2.05) is 37.3 Å². The summed E-state index contributed by atoms with van der Waals surface area (Å²) in [6, 6.07) is 15.4. The van der Waals surface area contributed by atoms with Crippen molar-refractivity contribution in [3.63, 3.8) is 0 Å². The van der Waals surface area contributed by atoms with Crippen molar-refractivity contribution in [3.05, 3.63) is 74.8 Å². The zero-order valence-electron chi connectivity index (χ0n) is 17.4. The van der Waals surface area contributed by atoms with E-state index < -0.39 is 0 Å². The molecule has 1 aromatic heterocycles. The van der Waals surface area contributed by atoms with Crippen molar-refractivity contribution in [1.82, 2.24) is 0 Å². The van der Waals surface area contributed by atoms with E-state index in [4.69, 9.17) is 0 Å². The summed E-state index contributed by atoms with van der Waals surface area (Å²) in [5.74, 6) is 0.448. The third-order valence-corrected chi connectivity index (χ3v) is 8.22. The van der Waals surface area contributed by atoms with Gasteiger partial charge in [-0.2, -0.15) is 5.26 Å². The fraction of sp³-hybridized carbons (Fsp3) is 0.250. The molecule has 0 N–H and O–H groups in total. The summed E-state index contributed by atoms with van der Waals surface area (Å²) >= 11 is 2.93. The zero-order chi connectivity index (χ0) is 22.2. The highest BCUT2D eigenvalue weighted by atomic mass is 32.2. The van der Waals surface area contributed by atoms with Crippen LogP contribution in [0, 0.1) is 28.4 Å². The van der Waals surface area contributed by atoms with Gasteiger partial charge in [-0.1, -0.05) is 46.9 Å². The molecule has 2 bridgehead atoms. The summed E-state index contributed by atoms with van der Waals surface area (Å²) in [7, 11) is 0. The van der Waals surface area contributed by atoms with Gasteiger partial charge in [-0.25, -0.2) is 4.99 Å². The SMILES string of the molecule is Cc1ccc(Sc2ccc(C=Nc3sc4c(c3C#N)C3CCN4CC3)cc2[N+](=O)[O-])cc1. The second-order valence-corrected chi connectivity index (χ2v) is 10.1. The van der Waals surface area contributed by atoms with Crippen LogP contribution in [0.2, 0.25) is 0 Å². The minimum absolute atomic E-state index is 0.0506. The molecule has 160 valence electrons. The molecule has 6 rings (SSSR count). The number of nitriles is 1. The van der Waals surface area contributed by atoms with Crippen LogP contribution in [0.4, 0.5) is 15.7 Å². The lowest BCUT2D eigenvalue weighted by atomic mass is 9.84. The second-order valence-electron chi connectivity index (χ2n) is 8.03. The molecule has 3 aliphatic rings. The third-order valence-electron chi connectivity index (χ3n) is 5.97. The van der Waals surface area contributed by atoms with Crippen LogP contribution < -0.4 is 4.90 Å². The van der Waals surface area contributed by atoms with Gasteiger partial charge in [0.25, 0.3) is 5.69 Å². The maximum Gasteiger partial charge on any atom is 0.283 e. The first kappa shape index (κ1) is 20.7. The number of nitrogens with zero attached hydrogens (tertiary/aromatic N) is 4. The van der Waals surface area contributed by atoms with E-state index in [-0.39, 0.29) is 10.6 Å². The maximum atomic E-state index is 11.7. The molecular formula is C24H20N4O2S2. The van der Waals surface area contributed by atoms with Crippen molar-refractivity contribution in [2.75, 3.05) is 18.0 Å². The molecule has 6 nitrogen and oxygen atoms in total. The number of fused-ring (bicyclic) bond motifs is 2. The molecule has 0 unspecified atom stereocenters. The average Bonchev–Trinajstić information content (AvgIpc) is 3.21. The number of thiophene rings is 1. The summed E-state index contributed by atoms with van der Waals surface area (Å²) in [5, 5.41) is 23.3. The van der Waals surface area contributed by atoms with Crippen LogP contribution >= 0.6 is 23.1 Å². The number of aliphatic imine (C=N–C) groups is 1. The van der Waals surface area contributed by atoms with E-state index in [1.54, 1.807) is 29.7 Å². The van der Waals surface area contributed by atoms with Crippen molar-refractivity contribution in [1.29, 1.82) is 5.26 Å². The zero-order valence-corrected chi connectivity index (χ0v) is 19.1. The Bertz CT molecular complexity index is 1270. The van der Waals surface area contributed by atoms with E-state index in [0.717, 1.165) is 42.0 Å². The van der Waals surface area contributed by atoms with Gasteiger partial charge < -0.3 is 4.90 Å². The van der Waals surface area contributed by atoms with E-state index in [9.17, 15) is 15.4 Å². The average molecular weight is 461 g/mol. The van der Waals surface area contributed by atoms with Crippen LogP contribution in [0.25, 0.3) is 0 Å². The number of aryl methyl sites for hydroxylation is 1. The molecule has 0 radical (unpaired) electrons. The normalized spacial score (nSPS) is 15.2. The number of rotatable bonds is 5. The van der Waals surface area contributed by atoms with Gasteiger partial charge in [-0.05, 0) is 49.4 Å². The Balaban J connectivity index is 1.44. The van der Waals surface area contributed by atoms with Crippen molar-refractivity contribution in [2.45, 2.75) is 35.5 Å². The first-order chi connectivity index (χ1) is 15.5. The van der Waals surface area contributed by atoms with Crippen molar-refractivity contribution in [2.24, 2.45) is 4.99 Å². The fourth-order valence-corrected chi connectivity index (χ4v) is 6.45. The van der Waals surface area contributed by atoms with E-state index in [1.165, 1.54) is 16.8 Å². The van der Waals surface area contributed by atoms with E-state index in [2.05, 4.69) is 16.0 Å². The molecule has 32 heavy (non-hydrogen) atoms. The molecule has 1 saturated heterocycles. The molecule has 0 amide bonds. The summed E-state index contributed by atoms with van der Waals surface area (Å²) in [5.41, 5.74) is 3.65. The molecule has 3 aromatic rings. The van der Waals surface area contributed by atoms with Gasteiger partial charge >= 0.3 is 0 Å². The third kappa shape index (κ3) is 3.78. The van der Waals surface area contributed by atoms with E-state index >= 15 is 0 Å². The number of anilines is 1. The summed E-state index contributed by atoms with van der Waals surface area (Å²) in [4.78, 5) is 19.8. The summed E-state index contributed by atoms with van der Waals surface area (Å²) < 4.78 is 0. The maximum absolute atomic E-state index is 11.7. The van der Waals surface area contributed by atoms with Gasteiger partial charge in [0.15, 0.2) is 0 Å². The summed E-state index contributed by atoms with van der Waals surface area (Å²) in [6.45, 7) is 4.09. The number of piperidine rings is 1. The highest BCUT2D eigenvalue weighted by Gasteiger charge is 2.36. The lowest BCUT2D eigenvalue weighted by Gasteiger charge is -2.39. The molecule has 0 aliphatic carbocycles. The molecule has 0 atom stereocenters. The first-order valence-electron chi connectivity index (χ1n) is 10.4. The molecule has 0 saturated carbocycles. The number of hydrogen-bond acceptors (Lipinski definition) is 7. The molecule has 4 heterocycles.